The number of nitrogen functional groups attached to an aromatic ring is 1. The van der Waals surface area contributed by atoms with E-state index in [9.17, 15) is 0 Å². The Labute approximate surface area is 118 Å². The van der Waals surface area contributed by atoms with Crippen LogP contribution < -0.4 is 20.5 Å². The predicted octanol–water partition coefficient (Wildman–Crippen LogP) is 2.60. The average Bonchev–Trinajstić information content (AvgIpc) is 2.48. The van der Waals surface area contributed by atoms with Gasteiger partial charge in [0.2, 0.25) is 0 Å². The fourth-order valence-corrected chi connectivity index (χ4v) is 1.85. The Morgan fingerprint density at radius 2 is 1.90 bits per heavy atom. The van der Waals surface area contributed by atoms with Gasteiger partial charge in [-0.1, -0.05) is 6.07 Å². The van der Waals surface area contributed by atoms with Crippen molar-refractivity contribution in [1.29, 1.82) is 0 Å². The molecule has 0 unspecified atom stereocenters. The maximum atomic E-state index is 5.75. The van der Waals surface area contributed by atoms with Crippen LogP contribution in [0.3, 0.4) is 0 Å². The van der Waals surface area contributed by atoms with Gasteiger partial charge in [0.05, 0.1) is 26.1 Å². The van der Waals surface area contributed by atoms with E-state index < -0.39 is 0 Å². The van der Waals surface area contributed by atoms with E-state index in [1.54, 1.807) is 20.4 Å². The molecule has 5 heteroatoms. The van der Waals surface area contributed by atoms with E-state index >= 15 is 0 Å². The predicted molar refractivity (Wildman–Crippen MR) is 80.3 cm³/mol. The molecule has 0 aliphatic heterocycles. The first-order chi connectivity index (χ1) is 9.63. The van der Waals surface area contributed by atoms with Gasteiger partial charge < -0.3 is 20.5 Å². The second-order valence-corrected chi connectivity index (χ2v) is 4.47. The molecule has 0 radical (unpaired) electrons. The van der Waals surface area contributed by atoms with Crippen molar-refractivity contribution in [2.45, 2.75) is 13.5 Å². The highest BCUT2D eigenvalue weighted by Crippen LogP contribution is 2.27. The quantitative estimate of drug-likeness (QED) is 0.876. The summed E-state index contributed by atoms with van der Waals surface area (Å²) >= 11 is 0. The summed E-state index contributed by atoms with van der Waals surface area (Å²) in [6.45, 7) is 2.61. The number of methoxy groups -OCH3 is 2. The molecule has 0 saturated carbocycles. The second kappa shape index (κ2) is 6.14. The molecule has 2 aromatic rings. The zero-order valence-corrected chi connectivity index (χ0v) is 11.9. The van der Waals surface area contributed by atoms with Gasteiger partial charge in [-0.25, -0.2) is 4.98 Å². The van der Waals surface area contributed by atoms with Crippen LogP contribution >= 0.6 is 0 Å². The van der Waals surface area contributed by atoms with Crippen LogP contribution in [-0.2, 0) is 6.54 Å². The molecule has 0 saturated heterocycles. The van der Waals surface area contributed by atoms with Crippen molar-refractivity contribution in [3.05, 3.63) is 41.6 Å². The maximum absolute atomic E-state index is 5.75. The maximum Gasteiger partial charge on any atom is 0.161 e. The highest BCUT2D eigenvalue weighted by atomic mass is 16.5. The molecule has 20 heavy (non-hydrogen) atoms. The Kier molecular flexibility index (Phi) is 4.30. The van der Waals surface area contributed by atoms with Crippen LogP contribution in [0, 0.1) is 6.92 Å². The fourth-order valence-electron chi connectivity index (χ4n) is 1.85. The molecular formula is C15H19N3O2. The van der Waals surface area contributed by atoms with Gasteiger partial charge in [-0.15, -0.1) is 0 Å². The summed E-state index contributed by atoms with van der Waals surface area (Å²) < 4.78 is 10.5. The number of benzene rings is 1. The normalized spacial score (nSPS) is 10.2. The van der Waals surface area contributed by atoms with Crippen molar-refractivity contribution >= 4 is 11.5 Å². The molecule has 0 amide bonds. The van der Waals surface area contributed by atoms with Crippen molar-refractivity contribution < 1.29 is 9.47 Å². The molecule has 1 aromatic carbocycles. The van der Waals surface area contributed by atoms with Crippen LogP contribution in [0.5, 0.6) is 11.5 Å². The monoisotopic (exact) mass is 273 g/mol. The summed E-state index contributed by atoms with van der Waals surface area (Å²) in [5.74, 6) is 2.23. The standard InChI is InChI=1S/C15H19N3O2/c1-10-6-15(18-9-12(10)16)17-8-11-4-5-13(19-2)14(7-11)20-3/h4-7,9H,8,16H2,1-3H3,(H,17,18). The first-order valence-corrected chi connectivity index (χ1v) is 6.31. The third-order valence-electron chi connectivity index (χ3n) is 3.07. The van der Waals surface area contributed by atoms with Gasteiger partial charge in [0.15, 0.2) is 11.5 Å². The summed E-state index contributed by atoms with van der Waals surface area (Å²) in [5.41, 5.74) is 8.53. The van der Waals surface area contributed by atoms with Crippen LogP contribution in [-0.4, -0.2) is 19.2 Å². The molecule has 0 spiro atoms. The molecular weight excluding hydrogens is 254 g/mol. The van der Waals surface area contributed by atoms with Crippen molar-refractivity contribution in [3.8, 4) is 11.5 Å². The van der Waals surface area contributed by atoms with Gasteiger partial charge in [-0.05, 0) is 36.2 Å². The summed E-state index contributed by atoms with van der Waals surface area (Å²) in [5, 5.41) is 3.25. The number of nitrogens with one attached hydrogen (secondary N) is 1. The first kappa shape index (κ1) is 14.0. The number of ether oxygens (including phenoxy) is 2. The van der Waals surface area contributed by atoms with E-state index in [1.165, 1.54) is 0 Å². The Morgan fingerprint density at radius 3 is 2.55 bits per heavy atom. The number of anilines is 2. The molecule has 0 aliphatic rings. The van der Waals surface area contributed by atoms with Gasteiger partial charge in [0, 0.05) is 6.54 Å². The number of aromatic nitrogens is 1. The molecule has 1 aromatic heterocycles. The zero-order valence-electron chi connectivity index (χ0n) is 11.9. The molecule has 0 fully saturated rings. The molecule has 0 bridgehead atoms. The van der Waals surface area contributed by atoms with Crippen molar-refractivity contribution in [2.24, 2.45) is 0 Å². The molecule has 0 aliphatic carbocycles. The van der Waals surface area contributed by atoms with Crippen LogP contribution in [0.25, 0.3) is 0 Å². The minimum atomic E-state index is 0.650. The minimum absolute atomic E-state index is 0.650. The summed E-state index contributed by atoms with van der Waals surface area (Å²) in [6.07, 6.45) is 1.66. The summed E-state index contributed by atoms with van der Waals surface area (Å²) in [4.78, 5) is 4.24. The number of hydrogen-bond donors (Lipinski definition) is 2. The topological polar surface area (TPSA) is 69.4 Å². The lowest BCUT2D eigenvalue weighted by molar-refractivity contribution is 0.354. The molecule has 106 valence electrons. The number of rotatable bonds is 5. The lowest BCUT2D eigenvalue weighted by Gasteiger charge is -2.11. The van der Waals surface area contributed by atoms with Crippen LogP contribution in [0.2, 0.25) is 0 Å². The molecule has 5 nitrogen and oxygen atoms in total. The number of nitrogens with two attached hydrogens (primary N) is 1. The molecule has 3 N–H and O–H groups in total. The molecule has 1 heterocycles. The van der Waals surface area contributed by atoms with E-state index in [0.717, 1.165) is 22.7 Å². The smallest absolute Gasteiger partial charge is 0.161 e. The lowest BCUT2D eigenvalue weighted by atomic mass is 10.2. The SMILES string of the molecule is COc1ccc(CNc2cc(C)c(N)cn2)cc1OC. The van der Waals surface area contributed by atoms with E-state index in [4.69, 9.17) is 15.2 Å². The van der Waals surface area contributed by atoms with Crippen molar-refractivity contribution in [1.82, 2.24) is 4.98 Å². The number of aryl methyl sites for hydroxylation is 1. The van der Waals surface area contributed by atoms with Gasteiger partial charge >= 0.3 is 0 Å². The molecule has 2 rings (SSSR count). The first-order valence-electron chi connectivity index (χ1n) is 6.31. The lowest BCUT2D eigenvalue weighted by Crippen LogP contribution is -2.03. The van der Waals surface area contributed by atoms with Crippen LogP contribution in [0.1, 0.15) is 11.1 Å². The van der Waals surface area contributed by atoms with Crippen molar-refractivity contribution in [2.75, 3.05) is 25.3 Å². The Bertz CT molecular complexity index is 600. The van der Waals surface area contributed by atoms with E-state index in [2.05, 4.69) is 10.3 Å². The van der Waals surface area contributed by atoms with Gasteiger partial charge in [-0.2, -0.15) is 0 Å². The second-order valence-electron chi connectivity index (χ2n) is 4.47. The van der Waals surface area contributed by atoms with Gasteiger partial charge in [0.25, 0.3) is 0 Å². The minimum Gasteiger partial charge on any atom is -0.493 e. The number of hydrogen-bond acceptors (Lipinski definition) is 5. The van der Waals surface area contributed by atoms with E-state index in [1.807, 2.05) is 31.2 Å². The van der Waals surface area contributed by atoms with Crippen LogP contribution in [0.4, 0.5) is 11.5 Å². The Morgan fingerprint density at radius 1 is 1.15 bits per heavy atom. The Balaban J connectivity index is 2.08. The number of nitrogens with zero attached hydrogens (tertiary/aromatic N) is 1. The number of pyridine rings is 1. The van der Waals surface area contributed by atoms with E-state index in [0.29, 0.717) is 18.0 Å². The largest absolute Gasteiger partial charge is 0.493 e. The Hall–Kier alpha value is -2.43. The summed E-state index contributed by atoms with van der Waals surface area (Å²) in [7, 11) is 3.25. The fraction of sp³-hybridized carbons (Fsp3) is 0.267. The third-order valence-corrected chi connectivity index (χ3v) is 3.07. The third kappa shape index (κ3) is 3.12. The van der Waals surface area contributed by atoms with Crippen molar-refractivity contribution in [3.63, 3.8) is 0 Å². The van der Waals surface area contributed by atoms with E-state index in [-0.39, 0.29) is 0 Å². The van der Waals surface area contributed by atoms with Gasteiger partial charge in [-0.3, -0.25) is 0 Å². The highest BCUT2D eigenvalue weighted by molar-refractivity contribution is 5.51. The average molecular weight is 273 g/mol. The zero-order chi connectivity index (χ0) is 14.5. The summed E-state index contributed by atoms with van der Waals surface area (Å²) in [6, 6.07) is 7.74. The van der Waals surface area contributed by atoms with Gasteiger partial charge in [0.1, 0.15) is 5.82 Å². The highest BCUT2D eigenvalue weighted by Gasteiger charge is 2.05. The molecule has 0 atom stereocenters. The van der Waals surface area contributed by atoms with Crippen LogP contribution in [0.15, 0.2) is 30.5 Å².